The lowest BCUT2D eigenvalue weighted by molar-refractivity contribution is -0.139. The third-order valence-corrected chi connectivity index (χ3v) is 4.29. The molecule has 0 saturated carbocycles. The van der Waals surface area contributed by atoms with E-state index in [2.05, 4.69) is 0 Å². The Morgan fingerprint density at radius 1 is 1.32 bits per heavy atom. The van der Waals surface area contributed by atoms with E-state index in [9.17, 15) is 9.59 Å². The number of imidazole rings is 1. The van der Waals surface area contributed by atoms with Crippen molar-refractivity contribution >= 4 is 16.9 Å². The van der Waals surface area contributed by atoms with Crippen LogP contribution in [0.15, 0.2) is 29.1 Å². The monoisotopic (exact) mass is 303 g/mol. The maximum absolute atomic E-state index is 12.5. The lowest BCUT2D eigenvalue weighted by Crippen LogP contribution is -2.47. The number of para-hydroxylation sites is 2. The van der Waals surface area contributed by atoms with Gasteiger partial charge in [0.05, 0.1) is 23.7 Å². The van der Waals surface area contributed by atoms with Crippen LogP contribution in [-0.2, 0) is 23.1 Å². The molecular formula is C16H21N3O3. The molecule has 1 fully saturated rings. The lowest BCUT2D eigenvalue weighted by atomic mass is 10.2. The van der Waals surface area contributed by atoms with E-state index in [1.54, 1.807) is 21.1 Å². The molecule has 0 bridgehead atoms. The highest BCUT2D eigenvalue weighted by atomic mass is 16.5. The van der Waals surface area contributed by atoms with Gasteiger partial charge < -0.3 is 9.64 Å². The van der Waals surface area contributed by atoms with Crippen LogP contribution in [0.1, 0.15) is 13.3 Å². The number of carbonyl (C=O) groups is 1. The van der Waals surface area contributed by atoms with E-state index in [-0.39, 0.29) is 24.2 Å². The Hall–Kier alpha value is -2.08. The van der Waals surface area contributed by atoms with Gasteiger partial charge in [-0.25, -0.2) is 4.79 Å². The molecule has 2 heterocycles. The third-order valence-electron chi connectivity index (χ3n) is 4.29. The summed E-state index contributed by atoms with van der Waals surface area (Å²) in [6, 6.07) is 7.53. The molecule has 0 N–H and O–H groups in total. The fourth-order valence-corrected chi connectivity index (χ4v) is 2.94. The number of aryl methyl sites for hydroxylation is 1. The maximum Gasteiger partial charge on any atom is 0.329 e. The summed E-state index contributed by atoms with van der Waals surface area (Å²) in [5.41, 5.74) is 1.48. The van der Waals surface area contributed by atoms with Crippen LogP contribution in [0.25, 0.3) is 11.0 Å². The first kappa shape index (κ1) is 14.8. The maximum atomic E-state index is 12.5. The molecule has 1 amide bonds. The molecule has 118 valence electrons. The van der Waals surface area contributed by atoms with Crippen molar-refractivity contribution in [2.24, 2.45) is 7.05 Å². The fraction of sp³-hybridized carbons (Fsp3) is 0.500. The second kappa shape index (κ2) is 5.96. The minimum atomic E-state index is -0.158. The smallest absolute Gasteiger partial charge is 0.329 e. The van der Waals surface area contributed by atoms with Crippen molar-refractivity contribution in [3.8, 4) is 0 Å². The van der Waals surface area contributed by atoms with Gasteiger partial charge in [-0.15, -0.1) is 0 Å². The molecule has 3 rings (SSSR count). The molecule has 6 nitrogen and oxygen atoms in total. The van der Waals surface area contributed by atoms with Gasteiger partial charge in [-0.1, -0.05) is 19.1 Å². The molecule has 0 aliphatic carbocycles. The average Bonchev–Trinajstić information content (AvgIpc) is 2.80. The molecule has 0 spiro atoms. The van der Waals surface area contributed by atoms with Gasteiger partial charge in [0.15, 0.2) is 0 Å². The third kappa shape index (κ3) is 2.54. The van der Waals surface area contributed by atoms with Crippen LogP contribution in [0, 0.1) is 0 Å². The topological polar surface area (TPSA) is 56.5 Å². The number of hydrogen-bond acceptors (Lipinski definition) is 3. The number of benzene rings is 1. The Morgan fingerprint density at radius 2 is 2.05 bits per heavy atom. The van der Waals surface area contributed by atoms with Crippen molar-refractivity contribution in [2.45, 2.75) is 26.0 Å². The van der Waals surface area contributed by atoms with Crippen LogP contribution < -0.4 is 5.69 Å². The molecule has 22 heavy (non-hydrogen) atoms. The zero-order valence-electron chi connectivity index (χ0n) is 13.0. The first-order valence-electron chi connectivity index (χ1n) is 7.65. The number of morpholine rings is 1. The molecular weight excluding hydrogens is 282 g/mol. The minimum absolute atomic E-state index is 0.0276. The fourth-order valence-electron chi connectivity index (χ4n) is 2.94. The summed E-state index contributed by atoms with van der Waals surface area (Å²) in [6.07, 6.45) is 0.986. The Kier molecular flexibility index (Phi) is 4.02. The average molecular weight is 303 g/mol. The van der Waals surface area contributed by atoms with Gasteiger partial charge in [-0.2, -0.15) is 0 Å². The van der Waals surface area contributed by atoms with Crippen LogP contribution >= 0.6 is 0 Å². The van der Waals surface area contributed by atoms with Gasteiger partial charge in [-0.05, 0) is 18.6 Å². The number of ether oxygens (including phenoxy) is 1. The van der Waals surface area contributed by atoms with E-state index in [0.717, 1.165) is 17.5 Å². The predicted molar refractivity (Wildman–Crippen MR) is 83.8 cm³/mol. The Balaban J connectivity index is 1.86. The van der Waals surface area contributed by atoms with E-state index < -0.39 is 0 Å². The summed E-state index contributed by atoms with van der Waals surface area (Å²) in [6.45, 7) is 3.89. The van der Waals surface area contributed by atoms with Crippen LogP contribution in [-0.4, -0.2) is 45.7 Å². The van der Waals surface area contributed by atoms with Gasteiger partial charge in [-0.3, -0.25) is 13.9 Å². The van der Waals surface area contributed by atoms with E-state index in [1.807, 2.05) is 31.2 Å². The molecule has 0 radical (unpaired) electrons. The quantitative estimate of drug-likeness (QED) is 0.849. The summed E-state index contributed by atoms with van der Waals surface area (Å²) >= 11 is 0. The second-order valence-corrected chi connectivity index (χ2v) is 5.66. The number of rotatable bonds is 3. The van der Waals surface area contributed by atoms with E-state index >= 15 is 0 Å². The number of carbonyl (C=O) groups excluding carboxylic acids is 1. The van der Waals surface area contributed by atoms with E-state index in [1.165, 1.54) is 0 Å². The van der Waals surface area contributed by atoms with Crippen LogP contribution in [0.5, 0.6) is 0 Å². The highest BCUT2D eigenvalue weighted by Crippen LogP contribution is 2.13. The summed E-state index contributed by atoms with van der Waals surface area (Å²) in [4.78, 5) is 26.7. The summed E-state index contributed by atoms with van der Waals surface area (Å²) in [5.74, 6) is -0.0276. The standard InChI is InChI=1S/C16H21N3O3/c1-3-12-10-18(8-9-22-12)15(20)11-19-14-7-5-4-6-13(14)17(2)16(19)21/h4-7,12H,3,8-11H2,1-2H3/t12-/m0/s1. The lowest BCUT2D eigenvalue weighted by Gasteiger charge is -2.32. The summed E-state index contributed by atoms with van der Waals surface area (Å²) < 4.78 is 8.72. The second-order valence-electron chi connectivity index (χ2n) is 5.66. The van der Waals surface area contributed by atoms with E-state index in [0.29, 0.717) is 19.7 Å². The molecule has 1 atom stereocenters. The highest BCUT2D eigenvalue weighted by molar-refractivity contribution is 5.81. The minimum Gasteiger partial charge on any atom is -0.375 e. The van der Waals surface area contributed by atoms with Crippen molar-refractivity contribution in [3.63, 3.8) is 0 Å². The molecule has 6 heteroatoms. The van der Waals surface area contributed by atoms with Gasteiger partial charge in [0.2, 0.25) is 5.91 Å². The number of hydrogen-bond donors (Lipinski definition) is 0. The molecule has 2 aromatic rings. The summed E-state index contributed by atoms with van der Waals surface area (Å²) in [7, 11) is 1.73. The van der Waals surface area contributed by atoms with Crippen LogP contribution in [0.4, 0.5) is 0 Å². The van der Waals surface area contributed by atoms with Crippen molar-refractivity contribution in [2.75, 3.05) is 19.7 Å². The largest absolute Gasteiger partial charge is 0.375 e. The van der Waals surface area contributed by atoms with Crippen molar-refractivity contribution in [1.29, 1.82) is 0 Å². The Labute approximate surface area is 128 Å². The van der Waals surface area contributed by atoms with Crippen molar-refractivity contribution < 1.29 is 9.53 Å². The van der Waals surface area contributed by atoms with E-state index in [4.69, 9.17) is 4.74 Å². The normalized spacial score (nSPS) is 18.8. The number of amides is 1. The Bertz CT molecular complexity index is 747. The van der Waals surface area contributed by atoms with Gasteiger partial charge >= 0.3 is 5.69 Å². The van der Waals surface area contributed by atoms with Crippen LogP contribution in [0.2, 0.25) is 0 Å². The molecule has 1 aromatic carbocycles. The van der Waals surface area contributed by atoms with Gasteiger partial charge in [0.1, 0.15) is 6.54 Å². The molecule has 1 saturated heterocycles. The number of fused-ring (bicyclic) bond motifs is 1. The molecule has 1 aliphatic heterocycles. The first-order chi connectivity index (χ1) is 10.6. The predicted octanol–water partition coefficient (Wildman–Crippen LogP) is 0.977. The SMILES string of the molecule is CC[C@H]1CN(C(=O)Cn2c(=O)n(C)c3ccccc32)CCO1. The van der Waals surface area contributed by atoms with Crippen LogP contribution in [0.3, 0.4) is 0 Å². The van der Waals surface area contributed by atoms with Crippen molar-refractivity contribution in [1.82, 2.24) is 14.0 Å². The Morgan fingerprint density at radius 3 is 2.77 bits per heavy atom. The van der Waals surface area contributed by atoms with Gasteiger partial charge in [0, 0.05) is 20.1 Å². The van der Waals surface area contributed by atoms with Crippen molar-refractivity contribution in [3.05, 3.63) is 34.7 Å². The molecule has 0 unspecified atom stereocenters. The number of aromatic nitrogens is 2. The highest BCUT2D eigenvalue weighted by Gasteiger charge is 2.24. The van der Waals surface area contributed by atoms with Gasteiger partial charge in [0.25, 0.3) is 0 Å². The zero-order valence-corrected chi connectivity index (χ0v) is 13.0. The number of nitrogens with zero attached hydrogens (tertiary/aromatic N) is 3. The zero-order chi connectivity index (χ0) is 15.7. The molecule has 1 aromatic heterocycles. The summed E-state index contributed by atoms with van der Waals surface area (Å²) in [5, 5.41) is 0. The first-order valence-corrected chi connectivity index (χ1v) is 7.65. The molecule has 1 aliphatic rings.